The van der Waals surface area contributed by atoms with Gasteiger partial charge in [-0.2, -0.15) is 5.10 Å². The summed E-state index contributed by atoms with van der Waals surface area (Å²) in [7, 11) is 0. The number of para-hydroxylation sites is 1. The summed E-state index contributed by atoms with van der Waals surface area (Å²) < 4.78 is 1.94. The third-order valence-corrected chi connectivity index (χ3v) is 5.21. The number of hydrogen-bond acceptors (Lipinski definition) is 4. The molecule has 1 amide bonds. The number of benzene rings is 2. The smallest absolute Gasteiger partial charge is 0.265 e. The Bertz CT molecular complexity index is 1130. The number of amidine groups is 1. The number of nitrogens with one attached hydrogen (secondary N) is 1. The topological polar surface area (TPSA) is 94.5 Å². The van der Waals surface area contributed by atoms with Gasteiger partial charge in [-0.3, -0.25) is 9.48 Å². The van der Waals surface area contributed by atoms with Gasteiger partial charge in [0, 0.05) is 16.9 Å². The molecule has 1 heterocycles. The van der Waals surface area contributed by atoms with Crippen molar-refractivity contribution in [2.45, 2.75) is 47.1 Å². The van der Waals surface area contributed by atoms with E-state index in [-0.39, 0.29) is 18.3 Å². The largest absolute Gasteiger partial charge is 0.384 e. The second kappa shape index (κ2) is 10.1. The van der Waals surface area contributed by atoms with E-state index in [1.165, 1.54) is 0 Å². The molecule has 32 heavy (non-hydrogen) atoms. The van der Waals surface area contributed by atoms with Crippen molar-refractivity contribution in [2.75, 3.05) is 11.9 Å². The van der Waals surface area contributed by atoms with Crippen molar-refractivity contribution in [1.29, 1.82) is 0 Å². The third kappa shape index (κ3) is 5.75. The molecule has 0 unspecified atom stereocenters. The predicted octanol–water partition coefficient (Wildman–Crippen LogP) is 4.26. The minimum Gasteiger partial charge on any atom is -0.384 e. The predicted molar refractivity (Wildman–Crippen MR) is 128 cm³/mol. The molecule has 7 nitrogen and oxygen atoms in total. The summed E-state index contributed by atoms with van der Waals surface area (Å²) in [5, 5.41) is 11.4. The van der Waals surface area contributed by atoms with Crippen LogP contribution in [0, 0.1) is 20.8 Å². The van der Waals surface area contributed by atoms with Gasteiger partial charge in [0.25, 0.3) is 5.91 Å². The molecule has 0 aliphatic rings. The highest BCUT2D eigenvalue weighted by atomic mass is 16.6. The molecule has 0 spiro atoms. The quantitative estimate of drug-likeness (QED) is 0.315. The third-order valence-electron chi connectivity index (χ3n) is 5.21. The number of rotatable bonds is 8. The maximum absolute atomic E-state index is 12.4. The van der Waals surface area contributed by atoms with Crippen LogP contribution in [0.2, 0.25) is 0 Å². The fraction of sp³-hybridized carbons (Fsp3) is 0.320. The average molecular weight is 434 g/mol. The number of nitrogens with zero attached hydrogens (tertiary/aromatic N) is 3. The molecule has 0 radical (unpaired) electrons. The minimum atomic E-state index is -0.281. The summed E-state index contributed by atoms with van der Waals surface area (Å²) in [6.07, 6.45) is 0. The first-order chi connectivity index (χ1) is 15.2. The minimum absolute atomic E-state index is 0.215. The van der Waals surface area contributed by atoms with Gasteiger partial charge in [-0.15, -0.1) is 0 Å². The van der Waals surface area contributed by atoms with Crippen molar-refractivity contribution in [2.24, 2.45) is 10.9 Å². The number of oxime groups is 1. The van der Waals surface area contributed by atoms with Crippen molar-refractivity contribution >= 4 is 17.4 Å². The molecule has 2 aromatic carbocycles. The van der Waals surface area contributed by atoms with E-state index in [0.717, 1.165) is 39.3 Å². The first-order valence-corrected chi connectivity index (χ1v) is 10.7. The van der Waals surface area contributed by atoms with Crippen LogP contribution in [0.25, 0.3) is 0 Å². The summed E-state index contributed by atoms with van der Waals surface area (Å²) in [5.41, 5.74) is 12.9. The highest BCUT2D eigenvalue weighted by Crippen LogP contribution is 2.27. The average Bonchev–Trinajstić information content (AvgIpc) is 3.06. The molecule has 3 N–H and O–H groups in total. The Morgan fingerprint density at radius 2 is 1.91 bits per heavy atom. The fourth-order valence-electron chi connectivity index (χ4n) is 3.57. The van der Waals surface area contributed by atoms with Crippen LogP contribution in [0.4, 0.5) is 5.69 Å². The molecule has 1 aromatic heterocycles. The molecule has 0 aliphatic carbocycles. The highest BCUT2D eigenvalue weighted by Gasteiger charge is 2.12. The summed E-state index contributed by atoms with van der Waals surface area (Å²) in [5.74, 6) is 0.226. The SMILES string of the molecule is Cc1cc(C)n(Cc2cccc(/C(N)=N/OCC(=O)Nc3c(C)cccc3C(C)C)c2)n1. The van der Waals surface area contributed by atoms with Crippen molar-refractivity contribution in [3.63, 3.8) is 0 Å². The van der Waals surface area contributed by atoms with Crippen LogP contribution in [0.3, 0.4) is 0 Å². The number of anilines is 1. The summed E-state index contributed by atoms with van der Waals surface area (Å²) in [6.45, 7) is 10.6. The van der Waals surface area contributed by atoms with Gasteiger partial charge in [-0.1, -0.05) is 55.4 Å². The Labute approximate surface area is 189 Å². The van der Waals surface area contributed by atoms with Crippen molar-refractivity contribution in [1.82, 2.24) is 9.78 Å². The molecule has 3 aromatic rings. The lowest BCUT2D eigenvalue weighted by molar-refractivity contribution is -0.120. The number of carbonyl (C=O) groups is 1. The molecular weight excluding hydrogens is 402 g/mol. The maximum atomic E-state index is 12.4. The van der Waals surface area contributed by atoms with Crippen LogP contribution in [0.15, 0.2) is 53.7 Å². The van der Waals surface area contributed by atoms with Crippen LogP contribution in [-0.4, -0.2) is 28.1 Å². The Morgan fingerprint density at radius 1 is 1.16 bits per heavy atom. The van der Waals surface area contributed by atoms with Crippen molar-refractivity contribution in [3.8, 4) is 0 Å². The first-order valence-electron chi connectivity index (χ1n) is 10.7. The number of carbonyl (C=O) groups excluding carboxylic acids is 1. The molecule has 168 valence electrons. The van der Waals surface area contributed by atoms with Gasteiger partial charge in [0.15, 0.2) is 12.4 Å². The number of amides is 1. The second-order valence-electron chi connectivity index (χ2n) is 8.28. The monoisotopic (exact) mass is 433 g/mol. The van der Waals surface area contributed by atoms with E-state index < -0.39 is 0 Å². The maximum Gasteiger partial charge on any atom is 0.265 e. The molecule has 0 saturated carbocycles. The van der Waals surface area contributed by atoms with E-state index in [9.17, 15) is 4.79 Å². The van der Waals surface area contributed by atoms with Crippen LogP contribution >= 0.6 is 0 Å². The molecule has 3 rings (SSSR count). The van der Waals surface area contributed by atoms with Gasteiger partial charge in [-0.05, 0) is 55.5 Å². The van der Waals surface area contributed by atoms with Crippen molar-refractivity contribution < 1.29 is 9.63 Å². The van der Waals surface area contributed by atoms with E-state index in [4.69, 9.17) is 10.6 Å². The number of aryl methyl sites for hydroxylation is 3. The Balaban J connectivity index is 1.62. The summed E-state index contributed by atoms with van der Waals surface area (Å²) >= 11 is 0. The Hall–Kier alpha value is -3.61. The van der Waals surface area contributed by atoms with Crippen molar-refractivity contribution in [3.05, 3.63) is 82.2 Å². The first kappa shape index (κ1) is 23.1. The van der Waals surface area contributed by atoms with Gasteiger partial charge in [0.1, 0.15) is 0 Å². The summed E-state index contributed by atoms with van der Waals surface area (Å²) in [4.78, 5) is 17.6. The zero-order valence-corrected chi connectivity index (χ0v) is 19.3. The van der Waals surface area contributed by atoms with E-state index in [0.29, 0.717) is 12.5 Å². The molecule has 0 saturated heterocycles. The highest BCUT2D eigenvalue weighted by molar-refractivity contribution is 5.97. The lowest BCUT2D eigenvalue weighted by Crippen LogP contribution is -2.21. The van der Waals surface area contributed by atoms with E-state index >= 15 is 0 Å². The molecule has 0 fully saturated rings. The van der Waals surface area contributed by atoms with Crippen LogP contribution in [0.5, 0.6) is 0 Å². The zero-order chi connectivity index (χ0) is 23.3. The van der Waals surface area contributed by atoms with Gasteiger partial charge >= 0.3 is 0 Å². The molecule has 0 atom stereocenters. The molecule has 0 bridgehead atoms. The summed E-state index contributed by atoms with van der Waals surface area (Å²) in [6, 6.07) is 15.7. The Morgan fingerprint density at radius 3 is 2.59 bits per heavy atom. The Kier molecular flexibility index (Phi) is 7.30. The van der Waals surface area contributed by atoms with Gasteiger partial charge in [-0.25, -0.2) is 0 Å². The zero-order valence-electron chi connectivity index (χ0n) is 19.3. The lowest BCUT2D eigenvalue weighted by Gasteiger charge is -2.16. The molecular formula is C25H31N5O2. The second-order valence-corrected chi connectivity index (χ2v) is 8.28. The van der Waals surface area contributed by atoms with Gasteiger partial charge in [0.05, 0.1) is 12.2 Å². The normalized spacial score (nSPS) is 11.6. The number of hydrogen-bond donors (Lipinski definition) is 2. The van der Waals surface area contributed by atoms with E-state index in [1.807, 2.05) is 74.0 Å². The van der Waals surface area contributed by atoms with E-state index in [2.05, 4.69) is 29.4 Å². The van der Waals surface area contributed by atoms with E-state index in [1.54, 1.807) is 0 Å². The molecule has 7 heteroatoms. The standard InChI is InChI=1S/C25H31N5O2/c1-16(2)22-11-6-8-17(3)24(22)27-23(31)15-32-29-25(26)21-10-7-9-20(13-21)14-30-19(5)12-18(4)28-30/h6-13,16H,14-15H2,1-5H3,(H2,26,29)(H,27,31). The fourth-order valence-corrected chi connectivity index (χ4v) is 3.57. The lowest BCUT2D eigenvalue weighted by atomic mass is 9.98. The number of aromatic nitrogens is 2. The van der Waals surface area contributed by atoms with Gasteiger partial charge in [0.2, 0.25) is 0 Å². The van der Waals surface area contributed by atoms with Crippen LogP contribution in [-0.2, 0) is 16.2 Å². The van der Waals surface area contributed by atoms with Crippen LogP contribution < -0.4 is 11.1 Å². The number of nitrogens with two attached hydrogens (primary N) is 1. The van der Waals surface area contributed by atoms with Crippen LogP contribution in [0.1, 0.15) is 53.4 Å². The molecule has 0 aliphatic heterocycles. The van der Waals surface area contributed by atoms with Gasteiger partial charge < -0.3 is 15.9 Å².